The number of imidazole rings is 1. The van der Waals surface area contributed by atoms with Gasteiger partial charge in [-0.25, -0.2) is 4.98 Å². The number of aliphatic hydroxyl groups excluding tert-OH is 1. The second-order valence-corrected chi connectivity index (χ2v) is 6.96. The quantitative estimate of drug-likeness (QED) is 0.732. The zero-order chi connectivity index (χ0) is 18.0. The topological polar surface area (TPSA) is 47.3 Å². The molecule has 0 saturated heterocycles. The van der Waals surface area contributed by atoms with Crippen LogP contribution in [0.4, 0.5) is 0 Å². The molecule has 2 aromatic carbocycles. The molecule has 0 aliphatic heterocycles. The summed E-state index contributed by atoms with van der Waals surface area (Å²) in [5.41, 5.74) is 4.31. The molecule has 0 saturated carbocycles. The second-order valence-electron chi connectivity index (χ2n) is 6.96. The molecule has 1 N–H and O–H groups in total. The highest BCUT2D eigenvalue weighted by Crippen LogP contribution is 2.23. The molecule has 3 rings (SSSR count). The van der Waals surface area contributed by atoms with Crippen molar-refractivity contribution in [2.24, 2.45) is 0 Å². The molecule has 0 fully saturated rings. The zero-order valence-corrected chi connectivity index (χ0v) is 15.4. The summed E-state index contributed by atoms with van der Waals surface area (Å²) in [4.78, 5) is 4.72. The number of hydrogen-bond acceptors (Lipinski definition) is 3. The molecule has 1 aromatic heterocycles. The maximum absolute atomic E-state index is 10.5. The first kappa shape index (κ1) is 17.5. The highest BCUT2D eigenvalue weighted by atomic mass is 16.5. The molecule has 4 heteroatoms. The predicted octanol–water partition coefficient (Wildman–Crippen LogP) is 4.22. The zero-order valence-electron chi connectivity index (χ0n) is 15.4. The van der Waals surface area contributed by atoms with Gasteiger partial charge in [-0.2, -0.15) is 0 Å². The third-order valence-corrected chi connectivity index (χ3v) is 4.36. The Kier molecular flexibility index (Phi) is 5.09. The first-order valence-corrected chi connectivity index (χ1v) is 8.79. The molecule has 3 aromatic rings. The van der Waals surface area contributed by atoms with Crippen molar-refractivity contribution >= 4 is 11.0 Å². The smallest absolute Gasteiger partial charge is 0.122 e. The molecule has 1 heterocycles. The third-order valence-electron chi connectivity index (χ3n) is 4.36. The van der Waals surface area contributed by atoms with Crippen LogP contribution in [0, 0.1) is 13.8 Å². The van der Waals surface area contributed by atoms with Gasteiger partial charge in [-0.15, -0.1) is 0 Å². The van der Waals surface area contributed by atoms with E-state index in [2.05, 4.69) is 31.4 Å². The SMILES string of the molecule is Cc1ccc(OCC(O)Cn2c(C(C)C)nc3ccccc32)c(C)c1. The number of hydrogen-bond donors (Lipinski definition) is 1. The minimum absolute atomic E-state index is 0.258. The van der Waals surface area contributed by atoms with Crippen molar-refractivity contribution in [2.45, 2.75) is 46.3 Å². The molecule has 132 valence electrons. The van der Waals surface area contributed by atoms with Crippen molar-refractivity contribution < 1.29 is 9.84 Å². The van der Waals surface area contributed by atoms with Crippen LogP contribution >= 0.6 is 0 Å². The molecule has 0 aliphatic rings. The fourth-order valence-corrected chi connectivity index (χ4v) is 3.14. The van der Waals surface area contributed by atoms with Crippen LogP contribution < -0.4 is 4.74 Å². The normalized spacial score (nSPS) is 12.7. The molecule has 0 spiro atoms. The van der Waals surface area contributed by atoms with Gasteiger partial charge in [0.25, 0.3) is 0 Å². The van der Waals surface area contributed by atoms with Gasteiger partial charge in [-0.3, -0.25) is 0 Å². The highest BCUT2D eigenvalue weighted by molar-refractivity contribution is 5.76. The predicted molar refractivity (Wildman–Crippen MR) is 101 cm³/mol. The van der Waals surface area contributed by atoms with E-state index in [1.165, 1.54) is 5.56 Å². The van der Waals surface area contributed by atoms with E-state index in [9.17, 15) is 5.11 Å². The van der Waals surface area contributed by atoms with Crippen LogP contribution in [0.2, 0.25) is 0 Å². The van der Waals surface area contributed by atoms with Gasteiger partial charge >= 0.3 is 0 Å². The molecule has 4 nitrogen and oxygen atoms in total. The van der Waals surface area contributed by atoms with E-state index in [1.807, 2.05) is 43.3 Å². The van der Waals surface area contributed by atoms with E-state index in [4.69, 9.17) is 9.72 Å². The molecule has 0 bridgehead atoms. The maximum Gasteiger partial charge on any atom is 0.122 e. The van der Waals surface area contributed by atoms with Gasteiger partial charge in [0.1, 0.15) is 24.3 Å². The number of aryl methyl sites for hydroxylation is 2. The molecule has 0 radical (unpaired) electrons. The fraction of sp³-hybridized carbons (Fsp3) is 0.381. The lowest BCUT2D eigenvalue weighted by atomic mass is 10.1. The van der Waals surface area contributed by atoms with Crippen LogP contribution in [0.5, 0.6) is 5.75 Å². The Morgan fingerprint density at radius 1 is 1.12 bits per heavy atom. The molecule has 0 amide bonds. The van der Waals surface area contributed by atoms with Gasteiger partial charge in [0.05, 0.1) is 17.6 Å². The third kappa shape index (κ3) is 3.85. The van der Waals surface area contributed by atoms with Crippen molar-refractivity contribution in [3.8, 4) is 5.75 Å². The summed E-state index contributed by atoms with van der Waals surface area (Å²) < 4.78 is 7.94. The van der Waals surface area contributed by atoms with Crippen molar-refractivity contribution in [1.82, 2.24) is 9.55 Å². The number of fused-ring (bicyclic) bond motifs is 1. The van der Waals surface area contributed by atoms with Crippen molar-refractivity contribution in [3.05, 3.63) is 59.4 Å². The fourth-order valence-electron chi connectivity index (χ4n) is 3.14. The monoisotopic (exact) mass is 338 g/mol. The Morgan fingerprint density at radius 3 is 2.60 bits per heavy atom. The van der Waals surface area contributed by atoms with Crippen LogP contribution in [0.25, 0.3) is 11.0 Å². The summed E-state index contributed by atoms with van der Waals surface area (Å²) in [5.74, 6) is 2.11. The lowest BCUT2D eigenvalue weighted by molar-refractivity contribution is 0.0922. The van der Waals surface area contributed by atoms with Crippen LogP contribution in [0.3, 0.4) is 0 Å². The van der Waals surface area contributed by atoms with E-state index >= 15 is 0 Å². The number of para-hydroxylation sites is 2. The average Bonchev–Trinajstić information content (AvgIpc) is 2.93. The Hall–Kier alpha value is -2.33. The number of nitrogens with zero attached hydrogens (tertiary/aromatic N) is 2. The number of benzene rings is 2. The Balaban J connectivity index is 1.75. The van der Waals surface area contributed by atoms with Crippen LogP contribution in [0.15, 0.2) is 42.5 Å². The number of aliphatic hydroxyl groups is 1. The van der Waals surface area contributed by atoms with Crippen LogP contribution in [0.1, 0.15) is 36.7 Å². The summed E-state index contributed by atoms with van der Waals surface area (Å²) in [7, 11) is 0. The largest absolute Gasteiger partial charge is 0.491 e. The number of aromatic nitrogens is 2. The standard InChI is InChI=1S/C21H26N2O2/c1-14(2)21-22-18-7-5-6-8-19(18)23(21)12-17(24)13-25-20-10-9-15(3)11-16(20)4/h5-11,14,17,24H,12-13H2,1-4H3. The lowest BCUT2D eigenvalue weighted by Crippen LogP contribution is -2.25. The first-order valence-electron chi connectivity index (χ1n) is 8.79. The Labute approximate surface area is 149 Å². The molecule has 1 unspecified atom stereocenters. The van der Waals surface area contributed by atoms with Gasteiger partial charge in [0.2, 0.25) is 0 Å². The molecule has 25 heavy (non-hydrogen) atoms. The molecule has 1 atom stereocenters. The van der Waals surface area contributed by atoms with Crippen molar-refractivity contribution in [3.63, 3.8) is 0 Å². The Bertz CT molecular complexity index is 867. The van der Waals surface area contributed by atoms with Gasteiger partial charge < -0.3 is 14.4 Å². The lowest BCUT2D eigenvalue weighted by Gasteiger charge is -2.17. The number of ether oxygens (including phenoxy) is 1. The molecule has 0 aliphatic carbocycles. The van der Waals surface area contributed by atoms with Crippen molar-refractivity contribution in [2.75, 3.05) is 6.61 Å². The van der Waals surface area contributed by atoms with Crippen LogP contribution in [-0.2, 0) is 6.54 Å². The first-order chi connectivity index (χ1) is 12.0. The van der Waals surface area contributed by atoms with Gasteiger partial charge in [0.15, 0.2) is 0 Å². The van der Waals surface area contributed by atoms with E-state index in [1.54, 1.807) is 0 Å². The van der Waals surface area contributed by atoms with E-state index in [-0.39, 0.29) is 6.61 Å². The van der Waals surface area contributed by atoms with Crippen molar-refractivity contribution in [1.29, 1.82) is 0 Å². The minimum Gasteiger partial charge on any atom is -0.491 e. The maximum atomic E-state index is 10.5. The summed E-state index contributed by atoms with van der Waals surface area (Å²) in [6, 6.07) is 14.1. The van der Waals surface area contributed by atoms with E-state index in [0.29, 0.717) is 12.5 Å². The number of rotatable bonds is 6. The van der Waals surface area contributed by atoms with E-state index in [0.717, 1.165) is 28.2 Å². The minimum atomic E-state index is -0.601. The second kappa shape index (κ2) is 7.28. The van der Waals surface area contributed by atoms with Gasteiger partial charge in [0, 0.05) is 5.92 Å². The Morgan fingerprint density at radius 2 is 1.88 bits per heavy atom. The summed E-state index contributed by atoms with van der Waals surface area (Å²) in [6.45, 7) is 9.05. The summed E-state index contributed by atoms with van der Waals surface area (Å²) in [5, 5.41) is 10.5. The molecular formula is C21H26N2O2. The van der Waals surface area contributed by atoms with Crippen LogP contribution in [-0.4, -0.2) is 27.4 Å². The summed E-state index contributed by atoms with van der Waals surface area (Å²) in [6.07, 6.45) is -0.601. The molecular weight excluding hydrogens is 312 g/mol. The average molecular weight is 338 g/mol. The van der Waals surface area contributed by atoms with E-state index < -0.39 is 6.10 Å². The summed E-state index contributed by atoms with van der Waals surface area (Å²) >= 11 is 0. The van der Waals surface area contributed by atoms with Gasteiger partial charge in [-0.05, 0) is 37.6 Å². The van der Waals surface area contributed by atoms with Gasteiger partial charge in [-0.1, -0.05) is 43.7 Å². The highest BCUT2D eigenvalue weighted by Gasteiger charge is 2.17.